The van der Waals surface area contributed by atoms with Crippen molar-refractivity contribution in [3.05, 3.63) is 71.3 Å². The summed E-state index contributed by atoms with van der Waals surface area (Å²) in [7, 11) is 0. The molecule has 0 saturated carbocycles. The summed E-state index contributed by atoms with van der Waals surface area (Å²) in [6.45, 7) is 1.96. The third-order valence-corrected chi connectivity index (χ3v) is 2.74. The van der Waals surface area contributed by atoms with E-state index in [1.165, 1.54) is 6.08 Å². The highest BCUT2D eigenvalue weighted by Crippen LogP contribution is 2.30. The van der Waals surface area contributed by atoms with E-state index in [0.717, 1.165) is 16.7 Å². The molecule has 0 heterocycles. The molecule has 1 N–H and O–H groups in total. The second kappa shape index (κ2) is 5.20. The van der Waals surface area contributed by atoms with E-state index in [2.05, 4.69) is 0 Å². The smallest absolute Gasteiger partial charge is 0.123 e. The third-order valence-electron chi connectivity index (χ3n) is 2.74. The zero-order chi connectivity index (χ0) is 13.0. The van der Waals surface area contributed by atoms with Crippen LogP contribution in [0, 0.1) is 18.3 Å². The van der Waals surface area contributed by atoms with E-state index >= 15 is 0 Å². The SMILES string of the molecule is Cc1ccc(O)c(/C(=C\C#N)c2ccccc2)c1. The largest absolute Gasteiger partial charge is 0.507 e. The topological polar surface area (TPSA) is 44.0 Å². The molecule has 2 rings (SSSR count). The van der Waals surface area contributed by atoms with Gasteiger partial charge in [0, 0.05) is 17.2 Å². The summed E-state index contributed by atoms with van der Waals surface area (Å²) in [6, 6.07) is 17.0. The normalized spacial score (nSPS) is 11.0. The second-order valence-corrected chi connectivity index (χ2v) is 4.07. The maximum atomic E-state index is 9.94. The van der Waals surface area contributed by atoms with Gasteiger partial charge >= 0.3 is 0 Å². The van der Waals surface area contributed by atoms with Crippen molar-refractivity contribution in [3.63, 3.8) is 0 Å². The molecule has 0 aromatic heterocycles. The van der Waals surface area contributed by atoms with Gasteiger partial charge in [0.2, 0.25) is 0 Å². The fourth-order valence-corrected chi connectivity index (χ4v) is 1.86. The zero-order valence-corrected chi connectivity index (χ0v) is 10.1. The van der Waals surface area contributed by atoms with E-state index in [-0.39, 0.29) is 5.75 Å². The Hall–Kier alpha value is -2.53. The van der Waals surface area contributed by atoms with Crippen LogP contribution in [-0.4, -0.2) is 5.11 Å². The summed E-state index contributed by atoms with van der Waals surface area (Å²) < 4.78 is 0. The maximum Gasteiger partial charge on any atom is 0.123 e. The van der Waals surface area contributed by atoms with Gasteiger partial charge < -0.3 is 5.11 Å². The molecule has 88 valence electrons. The first kappa shape index (κ1) is 11.9. The first-order valence-corrected chi connectivity index (χ1v) is 5.67. The zero-order valence-electron chi connectivity index (χ0n) is 10.1. The molecule has 2 heteroatoms. The Morgan fingerprint density at radius 2 is 1.89 bits per heavy atom. The lowest BCUT2D eigenvalue weighted by Crippen LogP contribution is -1.89. The van der Waals surface area contributed by atoms with Gasteiger partial charge in [0.15, 0.2) is 0 Å². The van der Waals surface area contributed by atoms with Crippen molar-refractivity contribution in [2.24, 2.45) is 0 Å². The molecule has 2 aromatic carbocycles. The Labute approximate surface area is 106 Å². The molecule has 0 aliphatic carbocycles. The summed E-state index contributed by atoms with van der Waals surface area (Å²) in [5.74, 6) is 0.186. The minimum Gasteiger partial charge on any atom is -0.507 e. The molecular weight excluding hydrogens is 222 g/mol. The molecule has 0 aliphatic heterocycles. The van der Waals surface area contributed by atoms with E-state index in [4.69, 9.17) is 5.26 Å². The first-order valence-electron chi connectivity index (χ1n) is 5.67. The van der Waals surface area contributed by atoms with Crippen molar-refractivity contribution in [2.75, 3.05) is 0 Å². The van der Waals surface area contributed by atoms with Crippen LogP contribution in [-0.2, 0) is 0 Å². The monoisotopic (exact) mass is 235 g/mol. The Kier molecular flexibility index (Phi) is 3.45. The van der Waals surface area contributed by atoms with Gasteiger partial charge in [-0.25, -0.2) is 0 Å². The van der Waals surface area contributed by atoms with E-state index in [9.17, 15) is 5.11 Å². The van der Waals surface area contributed by atoms with Crippen molar-refractivity contribution in [1.82, 2.24) is 0 Å². The lowest BCUT2D eigenvalue weighted by Gasteiger charge is -2.10. The average molecular weight is 235 g/mol. The van der Waals surface area contributed by atoms with Crippen LogP contribution in [0.15, 0.2) is 54.6 Å². The van der Waals surface area contributed by atoms with Crippen molar-refractivity contribution in [1.29, 1.82) is 5.26 Å². The third kappa shape index (κ3) is 2.41. The number of hydrogen-bond acceptors (Lipinski definition) is 2. The van der Waals surface area contributed by atoms with Crippen LogP contribution in [0.3, 0.4) is 0 Å². The number of hydrogen-bond donors (Lipinski definition) is 1. The molecule has 0 atom stereocenters. The Morgan fingerprint density at radius 1 is 1.17 bits per heavy atom. The number of aromatic hydroxyl groups is 1. The number of allylic oxidation sites excluding steroid dienone is 1. The fraction of sp³-hybridized carbons (Fsp3) is 0.0625. The lowest BCUT2D eigenvalue weighted by molar-refractivity contribution is 0.473. The number of aryl methyl sites for hydroxylation is 1. The highest BCUT2D eigenvalue weighted by atomic mass is 16.3. The predicted molar refractivity (Wildman–Crippen MR) is 72.0 cm³/mol. The van der Waals surface area contributed by atoms with Gasteiger partial charge in [-0.3, -0.25) is 0 Å². The van der Waals surface area contributed by atoms with Crippen LogP contribution in [0.1, 0.15) is 16.7 Å². The quantitative estimate of drug-likeness (QED) is 0.807. The van der Waals surface area contributed by atoms with Gasteiger partial charge in [0.25, 0.3) is 0 Å². The highest BCUT2D eigenvalue weighted by molar-refractivity contribution is 5.84. The Morgan fingerprint density at radius 3 is 2.56 bits per heavy atom. The number of phenols is 1. The van der Waals surface area contributed by atoms with Gasteiger partial charge in [0.1, 0.15) is 5.75 Å². The van der Waals surface area contributed by atoms with E-state index in [0.29, 0.717) is 5.56 Å². The molecule has 2 aromatic rings. The van der Waals surface area contributed by atoms with Crippen LogP contribution < -0.4 is 0 Å². The molecule has 0 fully saturated rings. The van der Waals surface area contributed by atoms with E-state index in [1.807, 2.05) is 55.5 Å². The van der Waals surface area contributed by atoms with Crippen LogP contribution in [0.5, 0.6) is 5.75 Å². The predicted octanol–water partition coefficient (Wildman–Crippen LogP) is 3.66. The van der Waals surface area contributed by atoms with Gasteiger partial charge in [-0.1, -0.05) is 42.0 Å². The number of rotatable bonds is 2. The summed E-state index contributed by atoms with van der Waals surface area (Å²) in [5, 5.41) is 18.9. The number of nitrogens with zero attached hydrogens (tertiary/aromatic N) is 1. The van der Waals surface area contributed by atoms with Crippen LogP contribution in [0.4, 0.5) is 0 Å². The van der Waals surface area contributed by atoms with E-state index < -0.39 is 0 Å². The number of benzene rings is 2. The fourth-order valence-electron chi connectivity index (χ4n) is 1.86. The summed E-state index contributed by atoms with van der Waals surface area (Å²) in [6.07, 6.45) is 1.46. The molecule has 0 radical (unpaired) electrons. The molecule has 18 heavy (non-hydrogen) atoms. The maximum absolute atomic E-state index is 9.94. The molecule has 0 saturated heterocycles. The Bertz CT molecular complexity index is 621. The van der Waals surface area contributed by atoms with Crippen molar-refractivity contribution in [3.8, 4) is 11.8 Å². The van der Waals surface area contributed by atoms with Gasteiger partial charge in [0.05, 0.1) is 6.07 Å². The number of nitriles is 1. The van der Waals surface area contributed by atoms with Crippen LogP contribution in [0.2, 0.25) is 0 Å². The molecule has 0 amide bonds. The molecule has 2 nitrogen and oxygen atoms in total. The first-order chi connectivity index (χ1) is 8.72. The molecule has 0 unspecified atom stereocenters. The van der Waals surface area contributed by atoms with Crippen LogP contribution in [0.25, 0.3) is 5.57 Å². The summed E-state index contributed by atoms with van der Waals surface area (Å²) in [5.41, 5.74) is 3.38. The van der Waals surface area contributed by atoms with Crippen LogP contribution >= 0.6 is 0 Å². The minimum absolute atomic E-state index is 0.186. The van der Waals surface area contributed by atoms with Crippen molar-refractivity contribution in [2.45, 2.75) is 6.92 Å². The minimum atomic E-state index is 0.186. The van der Waals surface area contributed by atoms with Gasteiger partial charge in [-0.15, -0.1) is 0 Å². The summed E-state index contributed by atoms with van der Waals surface area (Å²) >= 11 is 0. The molecule has 0 spiro atoms. The molecule has 0 bridgehead atoms. The Balaban J connectivity index is 2.61. The van der Waals surface area contributed by atoms with Crippen molar-refractivity contribution >= 4 is 5.57 Å². The van der Waals surface area contributed by atoms with Gasteiger partial charge in [-0.2, -0.15) is 5.26 Å². The summed E-state index contributed by atoms with van der Waals surface area (Å²) in [4.78, 5) is 0. The van der Waals surface area contributed by atoms with E-state index in [1.54, 1.807) is 6.07 Å². The number of phenolic OH excluding ortho intramolecular Hbond substituents is 1. The second-order valence-electron chi connectivity index (χ2n) is 4.07. The lowest BCUT2D eigenvalue weighted by atomic mass is 9.95. The highest BCUT2D eigenvalue weighted by Gasteiger charge is 2.09. The molecular formula is C16H13NO. The van der Waals surface area contributed by atoms with Crippen molar-refractivity contribution < 1.29 is 5.11 Å². The average Bonchev–Trinajstić information content (AvgIpc) is 2.40. The standard InChI is InChI=1S/C16H13NO/c1-12-7-8-16(18)15(11-12)14(9-10-17)13-5-3-2-4-6-13/h2-9,11,18H,1H3/b14-9-. The molecule has 0 aliphatic rings. The van der Waals surface area contributed by atoms with Gasteiger partial charge in [-0.05, 0) is 24.6 Å².